The van der Waals surface area contributed by atoms with Crippen molar-refractivity contribution in [3.8, 4) is 11.6 Å². The van der Waals surface area contributed by atoms with E-state index in [9.17, 15) is 4.79 Å². The van der Waals surface area contributed by atoms with Gasteiger partial charge in [0, 0.05) is 23.2 Å². The van der Waals surface area contributed by atoms with E-state index in [1.807, 2.05) is 31.2 Å². The molecule has 8 heteroatoms. The van der Waals surface area contributed by atoms with E-state index in [0.717, 1.165) is 27.7 Å². The van der Waals surface area contributed by atoms with E-state index in [-0.39, 0.29) is 12.3 Å². The number of nitrogens with zero attached hydrogens (tertiary/aromatic N) is 5. The number of aromatic nitrogens is 5. The normalized spacial score (nSPS) is 10.9. The lowest BCUT2D eigenvalue weighted by Crippen LogP contribution is -2.23. The third-order valence-electron chi connectivity index (χ3n) is 3.94. The van der Waals surface area contributed by atoms with E-state index >= 15 is 0 Å². The number of pyridine rings is 1. The third kappa shape index (κ3) is 3.48. The van der Waals surface area contributed by atoms with Crippen LogP contribution in [0.25, 0.3) is 5.69 Å². The summed E-state index contributed by atoms with van der Waals surface area (Å²) in [5.74, 6) is 0.532. The summed E-state index contributed by atoms with van der Waals surface area (Å²) in [6.45, 7) is 4.25. The Hall–Kier alpha value is -2.48. The van der Waals surface area contributed by atoms with Crippen molar-refractivity contribution in [3.05, 3.63) is 62.1 Å². The zero-order chi connectivity index (χ0) is 18.0. The molecule has 0 N–H and O–H groups in total. The number of aryl methyl sites for hydroxylation is 3. The average Bonchev–Trinajstić information content (AvgIpc) is 2.94. The summed E-state index contributed by atoms with van der Waals surface area (Å²) < 4.78 is 9.30. The minimum Gasteiger partial charge on any atom is -0.473 e. The van der Waals surface area contributed by atoms with Crippen LogP contribution in [0.3, 0.4) is 0 Å². The van der Waals surface area contributed by atoms with Gasteiger partial charge in [0.05, 0.1) is 11.4 Å². The van der Waals surface area contributed by atoms with Crippen molar-refractivity contribution < 1.29 is 4.74 Å². The Morgan fingerprint density at radius 1 is 1.20 bits per heavy atom. The molecule has 0 radical (unpaired) electrons. The first kappa shape index (κ1) is 17.3. The van der Waals surface area contributed by atoms with Gasteiger partial charge in [-0.2, -0.15) is 9.36 Å². The van der Waals surface area contributed by atoms with E-state index in [1.54, 1.807) is 13.1 Å². The summed E-state index contributed by atoms with van der Waals surface area (Å²) in [6, 6.07) is 9.47. The first-order valence-electron chi connectivity index (χ1n) is 7.87. The second-order valence-electron chi connectivity index (χ2n) is 5.57. The van der Waals surface area contributed by atoms with Crippen LogP contribution in [-0.4, -0.2) is 24.8 Å². The van der Waals surface area contributed by atoms with Crippen molar-refractivity contribution in [2.75, 3.05) is 0 Å². The van der Waals surface area contributed by atoms with Crippen LogP contribution < -0.4 is 10.4 Å². The molecule has 0 aliphatic rings. The quantitative estimate of drug-likeness (QED) is 0.654. The highest BCUT2D eigenvalue weighted by Gasteiger charge is 2.15. The second kappa shape index (κ2) is 7.18. The number of hydrogen-bond donors (Lipinski definition) is 0. The lowest BCUT2D eigenvalue weighted by molar-refractivity contribution is 0.291. The Morgan fingerprint density at radius 3 is 2.64 bits per heavy atom. The summed E-state index contributed by atoms with van der Waals surface area (Å²) >= 11 is 3.43. The van der Waals surface area contributed by atoms with Crippen LogP contribution in [0, 0.1) is 6.92 Å². The van der Waals surface area contributed by atoms with Crippen molar-refractivity contribution in [3.63, 3.8) is 0 Å². The zero-order valence-electron chi connectivity index (χ0n) is 14.2. The number of tetrazole rings is 1. The first-order valence-corrected chi connectivity index (χ1v) is 8.66. The lowest BCUT2D eigenvalue weighted by Gasteiger charge is -2.14. The Balaban J connectivity index is 1.98. The van der Waals surface area contributed by atoms with Crippen molar-refractivity contribution in [2.24, 2.45) is 7.05 Å². The van der Waals surface area contributed by atoms with E-state index in [0.29, 0.717) is 11.6 Å². The summed E-state index contributed by atoms with van der Waals surface area (Å²) in [7, 11) is 1.57. The van der Waals surface area contributed by atoms with Gasteiger partial charge in [-0.25, -0.2) is 9.78 Å². The van der Waals surface area contributed by atoms with Crippen molar-refractivity contribution in [2.45, 2.75) is 26.9 Å². The van der Waals surface area contributed by atoms with Gasteiger partial charge in [0.2, 0.25) is 5.88 Å². The molecular formula is C17H18BrN5O2. The van der Waals surface area contributed by atoms with Crippen molar-refractivity contribution >= 4 is 15.9 Å². The maximum absolute atomic E-state index is 12.2. The van der Waals surface area contributed by atoms with Gasteiger partial charge in [-0.05, 0) is 57.4 Å². The SMILES string of the molecule is CCc1cccc(-n2nnn(C)c2=O)c1COc1ccc(Br)c(C)n1. The highest BCUT2D eigenvalue weighted by atomic mass is 79.9. The molecule has 0 spiro atoms. The molecule has 0 saturated heterocycles. The molecule has 0 unspecified atom stereocenters. The molecule has 130 valence electrons. The molecule has 25 heavy (non-hydrogen) atoms. The van der Waals surface area contributed by atoms with E-state index in [2.05, 4.69) is 38.3 Å². The smallest absolute Gasteiger partial charge is 0.368 e. The van der Waals surface area contributed by atoms with Crippen molar-refractivity contribution in [1.82, 2.24) is 24.8 Å². The fourth-order valence-corrected chi connectivity index (χ4v) is 2.75. The number of ether oxygens (including phenoxy) is 1. The summed E-state index contributed by atoms with van der Waals surface area (Å²) in [4.78, 5) is 16.6. The van der Waals surface area contributed by atoms with Gasteiger partial charge < -0.3 is 4.74 Å². The standard InChI is InChI=1S/C17H18BrN5O2/c1-4-12-6-5-7-15(23-17(24)22(3)20-21-23)13(12)10-25-16-9-8-14(18)11(2)19-16/h5-9H,4,10H2,1-3H3. The minimum atomic E-state index is -0.299. The predicted molar refractivity (Wildman–Crippen MR) is 97.0 cm³/mol. The van der Waals surface area contributed by atoms with Crippen LogP contribution in [0.1, 0.15) is 23.7 Å². The molecule has 0 saturated carbocycles. The molecule has 0 bridgehead atoms. The van der Waals surface area contributed by atoms with Gasteiger partial charge in [-0.1, -0.05) is 19.1 Å². The molecule has 0 fully saturated rings. The van der Waals surface area contributed by atoms with Crippen LogP contribution in [0.4, 0.5) is 0 Å². The number of benzene rings is 1. The Kier molecular flexibility index (Phi) is 4.98. The fraction of sp³-hybridized carbons (Fsp3) is 0.294. The van der Waals surface area contributed by atoms with Gasteiger partial charge in [-0.3, -0.25) is 0 Å². The van der Waals surface area contributed by atoms with Crippen LogP contribution in [0.5, 0.6) is 5.88 Å². The molecule has 0 atom stereocenters. The molecule has 3 rings (SSSR count). The summed E-state index contributed by atoms with van der Waals surface area (Å²) in [5.41, 5.74) is 3.21. The van der Waals surface area contributed by atoms with Crippen LogP contribution in [-0.2, 0) is 20.1 Å². The zero-order valence-corrected chi connectivity index (χ0v) is 15.8. The van der Waals surface area contributed by atoms with Gasteiger partial charge in [-0.15, -0.1) is 0 Å². The van der Waals surface area contributed by atoms with Crippen molar-refractivity contribution in [1.29, 1.82) is 0 Å². The fourth-order valence-electron chi connectivity index (χ4n) is 2.53. The Morgan fingerprint density at radius 2 is 2.00 bits per heavy atom. The highest BCUT2D eigenvalue weighted by Crippen LogP contribution is 2.22. The van der Waals surface area contributed by atoms with Gasteiger partial charge in [0.25, 0.3) is 0 Å². The Bertz CT molecular complexity index is 964. The molecule has 0 aliphatic heterocycles. The predicted octanol–water partition coefficient (Wildman–Crippen LogP) is 2.57. The summed E-state index contributed by atoms with van der Waals surface area (Å²) in [5, 5.41) is 7.73. The van der Waals surface area contributed by atoms with Gasteiger partial charge >= 0.3 is 5.69 Å². The lowest BCUT2D eigenvalue weighted by atomic mass is 10.0. The molecule has 7 nitrogen and oxygen atoms in total. The first-order chi connectivity index (χ1) is 12.0. The minimum absolute atomic E-state index is 0.288. The highest BCUT2D eigenvalue weighted by molar-refractivity contribution is 9.10. The van der Waals surface area contributed by atoms with Gasteiger partial charge in [0.1, 0.15) is 6.61 Å². The number of hydrogen-bond acceptors (Lipinski definition) is 5. The number of halogens is 1. The number of rotatable bonds is 5. The maximum Gasteiger partial charge on any atom is 0.368 e. The molecule has 0 amide bonds. The van der Waals surface area contributed by atoms with Crippen LogP contribution in [0.2, 0.25) is 0 Å². The van der Waals surface area contributed by atoms with Crippen LogP contribution >= 0.6 is 15.9 Å². The second-order valence-corrected chi connectivity index (χ2v) is 6.42. The topological polar surface area (TPSA) is 74.8 Å². The van der Waals surface area contributed by atoms with E-state index in [1.165, 1.54) is 9.36 Å². The average molecular weight is 404 g/mol. The molecule has 0 aliphatic carbocycles. The Labute approximate surface area is 153 Å². The molecule has 3 aromatic rings. The molecule has 2 heterocycles. The van der Waals surface area contributed by atoms with Gasteiger partial charge in [0.15, 0.2) is 0 Å². The largest absolute Gasteiger partial charge is 0.473 e. The van der Waals surface area contributed by atoms with E-state index in [4.69, 9.17) is 4.74 Å². The molecule has 1 aromatic carbocycles. The molecule has 2 aromatic heterocycles. The maximum atomic E-state index is 12.2. The summed E-state index contributed by atoms with van der Waals surface area (Å²) in [6.07, 6.45) is 0.814. The monoisotopic (exact) mass is 403 g/mol. The molecular weight excluding hydrogens is 386 g/mol. The van der Waals surface area contributed by atoms with E-state index < -0.39 is 0 Å². The third-order valence-corrected chi connectivity index (χ3v) is 4.78. The van der Waals surface area contributed by atoms with Crippen LogP contribution in [0.15, 0.2) is 39.6 Å².